The number of primary amides is 1. The number of imidazole rings is 1. The summed E-state index contributed by atoms with van der Waals surface area (Å²) in [6.07, 6.45) is 3.39. The lowest BCUT2D eigenvalue weighted by molar-refractivity contribution is -0.140. The van der Waals surface area contributed by atoms with Crippen molar-refractivity contribution >= 4 is 23.4 Å². The molecule has 0 fully saturated rings. The van der Waals surface area contributed by atoms with Crippen LogP contribution in [0.15, 0.2) is 35.2 Å². The van der Waals surface area contributed by atoms with Gasteiger partial charge in [-0.15, -0.1) is 0 Å². The molecule has 3 N–H and O–H groups in total. The van der Waals surface area contributed by atoms with Gasteiger partial charge in [-0.25, -0.2) is 9.97 Å². The van der Waals surface area contributed by atoms with E-state index in [-0.39, 0.29) is 36.0 Å². The standard InChI is InChI=1S/C17H17N5O5/c1-26-13(23)5-2-6-19-17(25)11-8-10(12-4-3-7-27-12)21-16-14(15(18)24)20-9-22(11)16/h3-4,7-9H,2,5-6H2,1H3,(H2,18,24)(H,19,25). The van der Waals surface area contributed by atoms with E-state index >= 15 is 0 Å². The van der Waals surface area contributed by atoms with E-state index in [1.165, 1.54) is 30.2 Å². The fraction of sp³-hybridized carbons (Fsp3) is 0.235. The molecular weight excluding hydrogens is 354 g/mol. The third-order valence-electron chi connectivity index (χ3n) is 3.81. The number of carbonyl (C=O) groups excluding carboxylic acids is 3. The second-order valence-electron chi connectivity index (χ2n) is 5.59. The molecule has 3 aromatic rings. The summed E-state index contributed by atoms with van der Waals surface area (Å²) in [6, 6.07) is 4.88. The first-order chi connectivity index (χ1) is 13.0. The first-order valence-electron chi connectivity index (χ1n) is 8.08. The predicted octanol–water partition coefficient (Wildman–Crippen LogP) is 0.771. The average Bonchev–Trinajstić information content (AvgIpc) is 3.33. The highest BCUT2D eigenvalue weighted by atomic mass is 16.5. The summed E-state index contributed by atoms with van der Waals surface area (Å²) in [7, 11) is 1.31. The Balaban J connectivity index is 1.92. The molecule has 3 rings (SSSR count). The number of aromatic nitrogens is 3. The minimum Gasteiger partial charge on any atom is -0.469 e. The highest BCUT2D eigenvalue weighted by Gasteiger charge is 2.20. The van der Waals surface area contributed by atoms with Crippen molar-refractivity contribution in [3.63, 3.8) is 0 Å². The molecule has 0 aliphatic heterocycles. The van der Waals surface area contributed by atoms with Crippen LogP contribution in [-0.4, -0.2) is 45.8 Å². The van der Waals surface area contributed by atoms with Gasteiger partial charge in [0.15, 0.2) is 17.1 Å². The fourth-order valence-corrected chi connectivity index (χ4v) is 2.50. The van der Waals surface area contributed by atoms with E-state index in [4.69, 9.17) is 10.2 Å². The monoisotopic (exact) mass is 371 g/mol. The molecule has 2 amide bonds. The van der Waals surface area contributed by atoms with Gasteiger partial charge in [-0.2, -0.15) is 0 Å². The van der Waals surface area contributed by atoms with Gasteiger partial charge in [0.05, 0.1) is 13.4 Å². The van der Waals surface area contributed by atoms with Crippen LogP contribution >= 0.6 is 0 Å². The van der Waals surface area contributed by atoms with Gasteiger partial charge in [-0.3, -0.25) is 18.8 Å². The Bertz CT molecular complexity index is 993. The largest absolute Gasteiger partial charge is 0.469 e. The van der Waals surface area contributed by atoms with Gasteiger partial charge in [0.25, 0.3) is 11.8 Å². The second kappa shape index (κ2) is 7.68. The lowest BCUT2D eigenvalue weighted by atomic mass is 10.2. The zero-order valence-corrected chi connectivity index (χ0v) is 14.5. The van der Waals surface area contributed by atoms with Crippen LogP contribution in [-0.2, 0) is 9.53 Å². The summed E-state index contributed by atoms with van der Waals surface area (Å²) < 4.78 is 11.3. The summed E-state index contributed by atoms with van der Waals surface area (Å²) in [5.41, 5.74) is 5.99. The van der Waals surface area contributed by atoms with E-state index < -0.39 is 11.8 Å². The Morgan fingerprint density at radius 2 is 2.19 bits per heavy atom. The van der Waals surface area contributed by atoms with Gasteiger partial charge in [0.2, 0.25) is 0 Å². The van der Waals surface area contributed by atoms with Gasteiger partial charge >= 0.3 is 5.97 Å². The zero-order valence-electron chi connectivity index (χ0n) is 14.5. The molecule has 10 heteroatoms. The van der Waals surface area contributed by atoms with Gasteiger partial charge < -0.3 is 20.2 Å². The number of carbonyl (C=O) groups is 3. The number of fused-ring (bicyclic) bond motifs is 1. The Morgan fingerprint density at radius 3 is 2.85 bits per heavy atom. The molecule has 0 bridgehead atoms. The zero-order chi connectivity index (χ0) is 19.4. The minimum atomic E-state index is -0.758. The number of esters is 1. The Hall–Kier alpha value is -3.69. The van der Waals surface area contributed by atoms with Crippen LogP contribution in [0.1, 0.15) is 33.8 Å². The number of hydrogen-bond donors (Lipinski definition) is 2. The lowest BCUT2D eigenvalue weighted by Gasteiger charge is -2.09. The van der Waals surface area contributed by atoms with E-state index in [0.717, 1.165) is 0 Å². The molecule has 3 heterocycles. The molecule has 0 aliphatic rings. The molecular formula is C17H17N5O5. The Labute approximate surface area is 153 Å². The molecule has 0 spiro atoms. The lowest BCUT2D eigenvalue weighted by Crippen LogP contribution is -2.27. The van der Waals surface area contributed by atoms with Gasteiger partial charge in [0.1, 0.15) is 17.7 Å². The van der Waals surface area contributed by atoms with E-state index in [1.54, 1.807) is 12.1 Å². The van der Waals surface area contributed by atoms with Crippen LogP contribution in [0, 0.1) is 0 Å². The number of rotatable bonds is 7. The number of hydrogen-bond acceptors (Lipinski definition) is 7. The minimum absolute atomic E-state index is 0.0526. The smallest absolute Gasteiger partial charge is 0.305 e. The average molecular weight is 371 g/mol. The highest BCUT2D eigenvalue weighted by molar-refractivity contribution is 5.99. The molecule has 140 valence electrons. The first kappa shape index (κ1) is 18.1. The summed E-state index contributed by atoms with van der Waals surface area (Å²) >= 11 is 0. The van der Waals surface area contributed by atoms with Gasteiger partial charge in [-0.1, -0.05) is 0 Å². The van der Waals surface area contributed by atoms with Crippen LogP contribution in [0.3, 0.4) is 0 Å². The van der Waals surface area contributed by atoms with Crippen LogP contribution in [0.4, 0.5) is 0 Å². The summed E-state index contributed by atoms with van der Waals surface area (Å²) in [5.74, 6) is -1.11. The topological polar surface area (TPSA) is 142 Å². The van der Waals surface area contributed by atoms with Crippen molar-refractivity contribution in [2.24, 2.45) is 5.73 Å². The molecule has 3 aromatic heterocycles. The molecule has 0 radical (unpaired) electrons. The van der Waals surface area contributed by atoms with Crippen LogP contribution in [0.2, 0.25) is 0 Å². The van der Waals surface area contributed by atoms with Crippen molar-refractivity contribution in [3.05, 3.63) is 42.2 Å². The third kappa shape index (κ3) is 3.78. The highest BCUT2D eigenvalue weighted by Crippen LogP contribution is 2.21. The maximum Gasteiger partial charge on any atom is 0.305 e. The van der Waals surface area contributed by atoms with Crippen LogP contribution in [0.25, 0.3) is 17.1 Å². The normalized spacial score (nSPS) is 10.7. The van der Waals surface area contributed by atoms with Gasteiger partial charge in [-0.05, 0) is 24.6 Å². The number of furan rings is 1. The van der Waals surface area contributed by atoms with Gasteiger partial charge in [0, 0.05) is 13.0 Å². The van der Waals surface area contributed by atoms with E-state index in [0.29, 0.717) is 17.9 Å². The summed E-state index contributed by atoms with van der Waals surface area (Å²) in [4.78, 5) is 43.6. The number of nitrogens with one attached hydrogen (secondary N) is 1. The van der Waals surface area contributed by atoms with Crippen LogP contribution < -0.4 is 11.1 Å². The maximum atomic E-state index is 12.6. The molecule has 27 heavy (non-hydrogen) atoms. The Kier molecular flexibility index (Phi) is 5.15. The molecule has 0 aliphatic carbocycles. The second-order valence-corrected chi connectivity index (χ2v) is 5.59. The number of methoxy groups -OCH3 is 1. The number of nitrogens with two attached hydrogens (primary N) is 1. The number of nitrogens with zero attached hydrogens (tertiary/aromatic N) is 3. The predicted molar refractivity (Wildman–Crippen MR) is 92.8 cm³/mol. The van der Waals surface area contributed by atoms with Crippen molar-refractivity contribution < 1.29 is 23.5 Å². The quantitative estimate of drug-likeness (QED) is 0.461. The maximum absolute atomic E-state index is 12.6. The number of amides is 2. The first-order valence-corrected chi connectivity index (χ1v) is 8.08. The number of ether oxygens (including phenoxy) is 1. The molecule has 0 aromatic carbocycles. The SMILES string of the molecule is COC(=O)CCCNC(=O)c1cc(-c2ccco2)nc2c(C(N)=O)ncn12. The molecule has 0 unspecified atom stereocenters. The summed E-state index contributed by atoms with van der Waals surface area (Å²) in [6.45, 7) is 0.269. The molecule has 10 nitrogen and oxygen atoms in total. The molecule has 0 atom stereocenters. The van der Waals surface area contributed by atoms with E-state index in [9.17, 15) is 14.4 Å². The van der Waals surface area contributed by atoms with Crippen molar-refractivity contribution in [1.82, 2.24) is 19.7 Å². The summed E-state index contributed by atoms with van der Waals surface area (Å²) in [5, 5.41) is 2.71. The van der Waals surface area contributed by atoms with E-state index in [1.807, 2.05) is 0 Å². The van der Waals surface area contributed by atoms with Crippen molar-refractivity contribution in [2.45, 2.75) is 12.8 Å². The van der Waals surface area contributed by atoms with E-state index in [2.05, 4.69) is 20.0 Å². The fourth-order valence-electron chi connectivity index (χ4n) is 2.50. The van der Waals surface area contributed by atoms with Crippen molar-refractivity contribution in [3.8, 4) is 11.5 Å². The Morgan fingerprint density at radius 1 is 1.37 bits per heavy atom. The van der Waals surface area contributed by atoms with Crippen LogP contribution in [0.5, 0.6) is 0 Å². The molecule has 0 saturated heterocycles. The van der Waals surface area contributed by atoms with Crippen molar-refractivity contribution in [2.75, 3.05) is 13.7 Å². The third-order valence-corrected chi connectivity index (χ3v) is 3.81. The molecule has 0 saturated carbocycles. The van der Waals surface area contributed by atoms with Crippen molar-refractivity contribution in [1.29, 1.82) is 0 Å².